The molecule has 0 saturated carbocycles. The van der Waals surface area contributed by atoms with Crippen molar-refractivity contribution in [3.63, 3.8) is 0 Å². The van der Waals surface area contributed by atoms with Crippen molar-refractivity contribution in [2.75, 3.05) is 25.6 Å². The molecule has 3 rings (SSSR count). The van der Waals surface area contributed by atoms with E-state index in [9.17, 15) is 14.4 Å². The number of amidine groups is 1. The van der Waals surface area contributed by atoms with E-state index in [-0.39, 0.29) is 40.1 Å². The number of para-hydroxylation sites is 2. The second kappa shape index (κ2) is 10.7. The number of primary amides is 1. The van der Waals surface area contributed by atoms with Crippen LogP contribution in [-0.4, -0.2) is 43.9 Å². The van der Waals surface area contributed by atoms with Gasteiger partial charge in [0.25, 0.3) is 11.8 Å². The van der Waals surface area contributed by atoms with Crippen molar-refractivity contribution in [1.29, 1.82) is 0 Å². The molecule has 1 aliphatic heterocycles. The summed E-state index contributed by atoms with van der Waals surface area (Å²) in [6, 6.07) is 9.84. The Morgan fingerprint density at radius 3 is 2.62 bits per heavy atom. The molecule has 1 heterocycles. The monoisotopic (exact) mass is 486 g/mol. The summed E-state index contributed by atoms with van der Waals surface area (Å²) >= 11 is 6.26. The van der Waals surface area contributed by atoms with Gasteiger partial charge in [-0.25, -0.2) is 9.79 Å². The van der Waals surface area contributed by atoms with Gasteiger partial charge in [-0.3, -0.25) is 9.59 Å². The van der Waals surface area contributed by atoms with Crippen molar-refractivity contribution in [2.24, 2.45) is 10.7 Å². The molecule has 0 unspecified atom stereocenters. The molecule has 0 bridgehead atoms. The van der Waals surface area contributed by atoms with E-state index in [0.29, 0.717) is 17.1 Å². The number of fused-ring (bicyclic) bond motifs is 1. The molecular formula is C23H23ClN4O6. The Morgan fingerprint density at radius 1 is 1.21 bits per heavy atom. The van der Waals surface area contributed by atoms with Gasteiger partial charge in [-0.1, -0.05) is 23.7 Å². The van der Waals surface area contributed by atoms with E-state index in [4.69, 9.17) is 31.5 Å². The van der Waals surface area contributed by atoms with Crippen LogP contribution in [0, 0.1) is 0 Å². The standard InChI is InChI=1S/C23H23ClN4O6/c1-4-33-23(31)19-12(2)26-15-7-5-6-8-16(15)27-21(19)28-22(30)13-9-14(24)20(17(10-13)32-3)34-11-18(25)29/h5-10,26H,4,11H2,1-3H3,(H2,25,29)(H,27,28,30). The maximum Gasteiger partial charge on any atom is 0.343 e. The van der Waals surface area contributed by atoms with Gasteiger partial charge in [-0.05, 0) is 38.1 Å². The Bertz CT molecular complexity index is 1210. The summed E-state index contributed by atoms with van der Waals surface area (Å²) in [5.74, 6) is -1.78. The Kier molecular flexibility index (Phi) is 7.75. The number of nitrogens with two attached hydrogens (primary N) is 1. The molecule has 0 radical (unpaired) electrons. The highest BCUT2D eigenvalue weighted by molar-refractivity contribution is 6.33. The highest BCUT2D eigenvalue weighted by Gasteiger charge is 2.27. The van der Waals surface area contributed by atoms with Crippen LogP contribution in [0.3, 0.4) is 0 Å². The molecule has 0 saturated heterocycles. The van der Waals surface area contributed by atoms with Crippen molar-refractivity contribution >= 4 is 46.6 Å². The second-order valence-electron chi connectivity index (χ2n) is 7.02. The van der Waals surface area contributed by atoms with Gasteiger partial charge >= 0.3 is 5.97 Å². The van der Waals surface area contributed by atoms with Crippen molar-refractivity contribution in [3.05, 3.63) is 58.3 Å². The molecule has 0 fully saturated rings. The summed E-state index contributed by atoms with van der Waals surface area (Å²) in [6.45, 7) is 3.08. The van der Waals surface area contributed by atoms with Gasteiger partial charge < -0.3 is 30.6 Å². The number of benzene rings is 2. The molecule has 10 nitrogen and oxygen atoms in total. The minimum atomic E-state index is -0.700. The van der Waals surface area contributed by atoms with Crippen molar-refractivity contribution in [3.8, 4) is 11.5 Å². The van der Waals surface area contributed by atoms with Gasteiger partial charge in [0.15, 0.2) is 18.1 Å². The molecular weight excluding hydrogens is 464 g/mol. The van der Waals surface area contributed by atoms with Crippen LogP contribution < -0.4 is 25.8 Å². The van der Waals surface area contributed by atoms with Crippen LogP contribution in [0.2, 0.25) is 5.02 Å². The molecule has 0 atom stereocenters. The third kappa shape index (κ3) is 5.46. The zero-order valence-electron chi connectivity index (χ0n) is 18.7. The van der Waals surface area contributed by atoms with Gasteiger partial charge in [-0.2, -0.15) is 0 Å². The number of amides is 2. The number of ether oxygens (including phenoxy) is 3. The lowest BCUT2D eigenvalue weighted by molar-refractivity contribution is -0.137. The summed E-state index contributed by atoms with van der Waals surface area (Å²) in [5.41, 5.74) is 6.91. The minimum absolute atomic E-state index is 0.00236. The average Bonchev–Trinajstić information content (AvgIpc) is 2.92. The zero-order valence-corrected chi connectivity index (χ0v) is 19.5. The Morgan fingerprint density at radius 2 is 1.94 bits per heavy atom. The number of esters is 1. The van der Waals surface area contributed by atoms with Gasteiger partial charge in [0.1, 0.15) is 11.4 Å². The molecule has 2 aromatic carbocycles. The number of nitrogens with one attached hydrogen (secondary N) is 2. The predicted molar refractivity (Wildman–Crippen MR) is 127 cm³/mol. The van der Waals surface area contributed by atoms with Gasteiger partial charge in [0, 0.05) is 11.3 Å². The molecule has 0 aromatic heterocycles. The number of anilines is 1. The number of allylic oxidation sites excluding steroid dienone is 1. The number of halogens is 1. The number of nitrogens with zero attached hydrogens (tertiary/aromatic N) is 1. The SMILES string of the molecule is CCOC(=O)C1=C(C)Nc2ccccc2N=C1NC(=O)c1cc(Cl)c(OCC(N)=O)c(OC)c1. The van der Waals surface area contributed by atoms with Crippen LogP contribution in [0.4, 0.5) is 11.4 Å². The molecule has 0 aliphatic carbocycles. The highest BCUT2D eigenvalue weighted by atomic mass is 35.5. The Labute approximate surface area is 200 Å². The highest BCUT2D eigenvalue weighted by Crippen LogP contribution is 2.36. The van der Waals surface area contributed by atoms with Gasteiger partial charge in [-0.15, -0.1) is 0 Å². The van der Waals surface area contributed by atoms with Gasteiger partial charge in [0.2, 0.25) is 0 Å². The number of methoxy groups -OCH3 is 1. The molecule has 178 valence electrons. The van der Waals surface area contributed by atoms with Crippen LogP contribution in [0.1, 0.15) is 24.2 Å². The van der Waals surface area contributed by atoms with Crippen LogP contribution in [0.15, 0.2) is 52.7 Å². The van der Waals surface area contributed by atoms with Crippen molar-refractivity contribution < 1.29 is 28.6 Å². The Balaban J connectivity index is 2.00. The molecule has 2 aromatic rings. The van der Waals surface area contributed by atoms with E-state index in [1.165, 1.54) is 19.2 Å². The van der Waals surface area contributed by atoms with Crippen LogP contribution >= 0.6 is 11.6 Å². The number of aliphatic imine (C=N–C) groups is 1. The fourth-order valence-corrected chi connectivity index (χ4v) is 3.42. The topological polar surface area (TPSA) is 141 Å². The second-order valence-corrected chi connectivity index (χ2v) is 7.43. The minimum Gasteiger partial charge on any atom is -0.493 e. The first-order valence-electron chi connectivity index (χ1n) is 10.2. The molecule has 34 heavy (non-hydrogen) atoms. The van der Waals surface area contributed by atoms with E-state index >= 15 is 0 Å². The summed E-state index contributed by atoms with van der Waals surface area (Å²) in [6.07, 6.45) is 0. The normalized spacial score (nSPS) is 12.5. The smallest absolute Gasteiger partial charge is 0.343 e. The summed E-state index contributed by atoms with van der Waals surface area (Å²) in [4.78, 5) is 41.4. The molecule has 4 N–H and O–H groups in total. The maximum atomic E-state index is 13.2. The Hall–Kier alpha value is -4.05. The first-order valence-corrected chi connectivity index (χ1v) is 10.6. The summed E-state index contributed by atoms with van der Waals surface area (Å²) in [7, 11) is 1.35. The van der Waals surface area contributed by atoms with E-state index in [1.54, 1.807) is 32.0 Å². The predicted octanol–water partition coefficient (Wildman–Crippen LogP) is 2.94. The number of rotatable bonds is 7. The summed E-state index contributed by atoms with van der Waals surface area (Å²) in [5, 5.41) is 5.82. The van der Waals surface area contributed by atoms with Gasteiger partial charge in [0.05, 0.1) is 30.1 Å². The fourth-order valence-electron chi connectivity index (χ4n) is 3.15. The lowest BCUT2D eigenvalue weighted by Gasteiger charge is -2.15. The lowest BCUT2D eigenvalue weighted by atomic mass is 10.1. The number of carbonyl (C=O) groups excluding carboxylic acids is 3. The average molecular weight is 487 g/mol. The van der Waals surface area contributed by atoms with E-state index in [1.807, 2.05) is 6.07 Å². The van der Waals surface area contributed by atoms with Crippen molar-refractivity contribution in [2.45, 2.75) is 13.8 Å². The maximum absolute atomic E-state index is 13.2. The largest absolute Gasteiger partial charge is 0.493 e. The molecule has 1 aliphatic rings. The molecule has 2 amide bonds. The first-order chi connectivity index (χ1) is 16.2. The number of carbonyl (C=O) groups is 3. The summed E-state index contributed by atoms with van der Waals surface area (Å²) < 4.78 is 15.7. The van der Waals surface area contributed by atoms with E-state index in [0.717, 1.165) is 0 Å². The van der Waals surface area contributed by atoms with Crippen LogP contribution in [0.25, 0.3) is 0 Å². The third-order valence-corrected chi connectivity index (χ3v) is 4.91. The molecule has 0 spiro atoms. The fraction of sp³-hybridized carbons (Fsp3) is 0.217. The lowest BCUT2D eigenvalue weighted by Crippen LogP contribution is -2.35. The van der Waals surface area contributed by atoms with Crippen LogP contribution in [-0.2, 0) is 14.3 Å². The van der Waals surface area contributed by atoms with Crippen molar-refractivity contribution in [1.82, 2.24) is 5.32 Å². The quantitative estimate of drug-likeness (QED) is 0.511. The number of hydrogen-bond donors (Lipinski definition) is 3. The van der Waals surface area contributed by atoms with E-state index < -0.39 is 24.4 Å². The number of hydrogen-bond acceptors (Lipinski definition) is 8. The third-order valence-electron chi connectivity index (χ3n) is 4.63. The zero-order chi connectivity index (χ0) is 24.8. The molecule has 11 heteroatoms. The first kappa shape index (κ1) is 24.6. The van der Waals surface area contributed by atoms with Crippen LogP contribution in [0.5, 0.6) is 11.5 Å². The van der Waals surface area contributed by atoms with E-state index in [2.05, 4.69) is 15.6 Å².